The van der Waals surface area contributed by atoms with Crippen molar-refractivity contribution in [3.63, 3.8) is 0 Å². The molecule has 1 atom stereocenters. The number of carbonyl (C=O) groups excluding carboxylic acids is 1. The van der Waals surface area contributed by atoms with E-state index in [0.29, 0.717) is 29.0 Å². The van der Waals surface area contributed by atoms with Gasteiger partial charge in [-0.25, -0.2) is 0 Å². The standard InChI is InChI=1S/C14H22ClN3OS/c1-4-11(9-20-3)18(2)8-14(19)17-13-6-5-10(16)7-12(13)15/h5-7,11H,4,8-9,16H2,1-3H3,(H,17,19). The molecule has 1 rings (SSSR count). The number of likely N-dealkylation sites (N-methyl/N-ethyl adjacent to an activating group) is 1. The molecule has 112 valence electrons. The Bertz CT molecular complexity index is 456. The number of nitrogens with two attached hydrogens (primary N) is 1. The van der Waals surface area contributed by atoms with Gasteiger partial charge in [0.25, 0.3) is 0 Å². The fourth-order valence-corrected chi connectivity index (χ4v) is 3.04. The summed E-state index contributed by atoms with van der Waals surface area (Å²) in [4.78, 5) is 14.1. The van der Waals surface area contributed by atoms with Crippen molar-refractivity contribution in [2.24, 2.45) is 0 Å². The van der Waals surface area contributed by atoms with Gasteiger partial charge in [0.2, 0.25) is 5.91 Å². The molecule has 1 unspecified atom stereocenters. The quantitative estimate of drug-likeness (QED) is 0.760. The summed E-state index contributed by atoms with van der Waals surface area (Å²) < 4.78 is 0. The van der Waals surface area contributed by atoms with Crippen LogP contribution in [-0.2, 0) is 4.79 Å². The molecule has 0 heterocycles. The van der Waals surface area contributed by atoms with Crippen molar-refractivity contribution in [2.45, 2.75) is 19.4 Å². The number of thioether (sulfide) groups is 1. The molecule has 0 radical (unpaired) electrons. The lowest BCUT2D eigenvalue weighted by molar-refractivity contribution is -0.117. The number of amides is 1. The average Bonchev–Trinajstić information content (AvgIpc) is 2.39. The molecular formula is C14H22ClN3OS. The number of anilines is 2. The Morgan fingerprint density at radius 3 is 2.80 bits per heavy atom. The fourth-order valence-electron chi connectivity index (χ4n) is 1.93. The highest BCUT2D eigenvalue weighted by Crippen LogP contribution is 2.24. The van der Waals surface area contributed by atoms with Gasteiger partial charge in [-0.3, -0.25) is 9.69 Å². The zero-order valence-electron chi connectivity index (χ0n) is 12.1. The molecule has 0 saturated heterocycles. The van der Waals surface area contributed by atoms with Crippen molar-refractivity contribution in [1.29, 1.82) is 0 Å². The van der Waals surface area contributed by atoms with Crippen LogP contribution in [0.25, 0.3) is 0 Å². The Morgan fingerprint density at radius 2 is 2.25 bits per heavy atom. The van der Waals surface area contributed by atoms with Crippen LogP contribution in [0.5, 0.6) is 0 Å². The summed E-state index contributed by atoms with van der Waals surface area (Å²) in [5.74, 6) is 0.946. The second kappa shape index (κ2) is 8.39. The minimum absolute atomic E-state index is 0.0706. The summed E-state index contributed by atoms with van der Waals surface area (Å²) in [6.45, 7) is 2.48. The van der Waals surface area contributed by atoms with Gasteiger partial charge in [-0.15, -0.1) is 0 Å². The van der Waals surface area contributed by atoms with Crippen molar-refractivity contribution in [1.82, 2.24) is 4.90 Å². The Hall–Kier alpha value is -0.910. The van der Waals surface area contributed by atoms with Crippen LogP contribution in [-0.4, -0.2) is 42.4 Å². The first-order valence-electron chi connectivity index (χ1n) is 6.52. The maximum atomic E-state index is 12.0. The van der Waals surface area contributed by atoms with Crippen molar-refractivity contribution in [3.8, 4) is 0 Å². The first-order chi connectivity index (χ1) is 9.47. The number of nitrogens with one attached hydrogen (secondary N) is 1. The third-order valence-electron chi connectivity index (χ3n) is 3.11. The van der Waals surface area contributed by atoms with E-state index in [1.54, 1.807) is 30.0 Å². The molecule has 1 aromatic carbocycles. The predicted molar refractivity (Wildman–Crippen MR) is 89.6 cm³/mol. The number of hydrogen-bond acceptors (Lipinski definition) is 4. The number of nitrogens with zero attached hydrogens (tertiary/aromatic N) is 1. The van der Waals surface area contributed by atoms with Crippen LogP contribution in [0.4, 0.5) is 11.4 Å². The van der Waals surface area contributed by atoms with Gasteiger partial charge in [-0.2, -0.15) is 11.8 Å². The first-order valence-corrected chi connectivity index (χ1v) is 8.29. The molecule has 0 aromatic heterocycles. The molecule has 3 N–H and O–H groups in total. The Morgan fingerprint density at radius 1 is 1.55 bits per heavy atom. The summed E-state index contributed by atoms with van der Waals surface area (Å²) in [6, 6.07) is 5.46. The molecule has 0 fully saturated rings. The second-order valence-corrected chi connectivity index (χ2v) is 6.04. The topological polar surface area (TPSA) is 58.4 Å². The zero-order valence-corrected chi connectivity index (χ0v) is 13.7. The first kappa shape index (κ1) is 17.1. The number of carbonyl (C=O) groups is 1. The highest BCUT2D eigenvalue weighted by Gasteiger charge is 2.15. The largest absolute Gasteiger partial charge is 0.399 e. The van der Waals surface area contributed by atoms with Crippen LogP contribution in [0.1, 0.15) is 13.3 Å². The van der Waals surface area contributed by atoms with Gasteiger partial charge >= 0.3 is 0 Å². The highest BCUT2D eigenvalue weighted by atomic mass is 35.5. The highest BCUT2D eigenvalue weighted by molar-refractivity contribution is 7.98. The Labute approximate surface area is 130 Å². The fraction of sp³-hybridized carbons (Fsp3) is 0.500. The van der Waals surface area contributed by atoms with Gasteiger partial charge in [0.15, 0.2) is 0 Å². The molecular weight excluding hydrogens is 294 g/mol. The van der Waals surface area contributed by atoms with E-state index in [9.17, 15) is 4.79 Å². The van der Waals surface area contributed by atoms with Gasteiger partial charge in [0.1, 0.15) is 0 Å². The van der Waals surface area contributed by atoms with Gasteiger partial charge < -0.3 is 11.1 Å². The Balaban J connectivity index is 2.58. The number of nitrogen functional groups attached to an aromatic ring is 1. The van der Waals surface area contributed by atoms with E-state index >= 15 is 0 Å². The Kier molecular flexibility index (Phi) is 7.19. The van der Waals surface area contributed by atoms with Crippen LogP contribution in [0, 0.1) is 0 Å². The molecule has 0 saturated carbocycles. The molecule has 0 spiro atoms. The van der Waals surface area contributed by atoms with E-state index in [1.807, 2.05) is 7.05 Å². The molecule has 0 aliphatic carbocycles. The van der Waals surface area contributed by atoms with Crippen LogP contribution < -0.4 is 11.1 Å². The zero-order chi connectivity index (χ0) is 15.1. The van der Waals surface area contributed by atoms with Crippen molar-refractivity contribution in [3.05, 3.63) is 23.2 Å². The lowest BCUT2D eigenvalue weighted by Gasteiger charge is -2.25. The summed E-state index contributed by atoms with van der Waals surface area (Å²) in [5.41, 5.74) is 6.80. The van der Waals surface area contributed by atoms with E-state index in [4.69, 9.17) is 17.3 Å². The number of hydrogen-bond donors (Lipinski definition) is 2. The van der Waals surface area contributed by atoms with Crippen molar-refractivity contribution < 1.29 is 4.79 Å². The SMILES string of the molecule is CCC(CSC)N(C)CC(=O)Nc1ccc(N)cc1Cl. The average molecular weight is 316 g/mol. The number of rotatable bonds is 7. The molecule has 0 aliphatic heterocycles. The molecule has 0 aliphatic rings. The second-order valence-electron chi connectivity index (χ2n) is 4.72. The molecule has 1 aromatic rings. The molecule has 4 nitrogen and oxygen atoms in total. The maximum Gasteiger partial charge on any atom is 0.238 e. The smallest absolute Gasteiger partial charge is 0.238 e. The monoisotopic (exact) mass is 315 g/mol. The number of halogens is 1. The van der Waals surface area contributed by atoms with Gasteiger partial charge in [-0.1, -0.05) is 18.5 Å². The van der Waals surface area contributed by atoms with E-state index in [1.165, 1.54) is 0 Å². The summed E-state index contributed by atoms with van der Waals surface area (Å²) in [6.07, 6.45) is 3.10. The third-order valence-corrected chi connectivity index (χ3v) is 4.14. The van der Waals surface area contributed by atoms with Crippen LogP contribution in [0.3, 0.4) is 0 Å². The summed E-state index contributed by atoms with van der Waals surface area (Å²) in [7, 11) is 1.97. The third kappa shape index (κ3) is 5.23. The minimum Gasteiger partial charge on any atom is -0.399 e. The van der Waals surface area contributed by atoms with E-state index < -0.39 is 0 Å². The van der Waals surface area contributed by atoms with Crippen LogP contribution >= 0.6 is 23.4 Å². The van der Waals surface area contributed by atoms with E-state index in [0.717, 1.165) is 12.2 Å². The number of benzene rings is 1. The lowest BCUT2D eigenvalue weighted by Crippen LogP contribution is -2.39. The van der Waals surface area contributed by atoms with E-state index in [2.05, 4.69) is 23.4 Å². The van der Waals surface area contributed by atoms with Crippen molar-refractivity contribution >= 4 is 40.6 Å². The predicted octanol–water partition coefficient (Wildman–Crippen LogP) is 2.93. The molecule has 20 heavy (non-hydrogen) atoms. The maximum absolute atomic E-state index is 12.0. The minimum atomic E-state index is -0.0706. The van der Waals surface area contributed by atoms with Gasteiger partial charge in [0, 0.05) is 17.5 Å². The molecule has 6 heteroatoms. The molecule has 0 bridgehead atoms. The summed E-state index contributed by atoms with van der Waals surface area (Å²) >= 11 is 7.83. The normalized spacial score (nSPS) is 12.4. The van der Waals surface area contributed by atoms with Gasteiger partial charge in [-0.05, 0) is 37.9 Å². The molecule has 1 amide bonds. The van der Waals surface area contributed by atoms with Crippen LogP contribution in [0.15, 0.2) is 18.2 Å². The van der Waals surface area contributed by atoms with Crippen molar-refractivity contribution in [2.75, 3.05) is 36.7 Å². The lowest BCUT2D eigenvalue weighted by atomic mass is 10.2. The van der Waals surface area contributed by atoms with Crippen LogP contribution in [0.2, 0.25) is 5.02 Å². The van der Waals surface area contributed by atoms with E-state index in [-0.39, 0.29) is 5.91 Å². The van der Waals surface area contributed by atoms with Gasteiger partial charge in [0.05, 0.1) is 17.3 Å². The summed E-state index contributed by atoms with van der Waals surface area (Å²) in [5, 5.41) is 3.27.